The van der Waals surface area contributed by atoms with E-state index >= 15 is 0 Å². The molecule has 0 saturated heterocycles. The lowest BCUT2D eigenvalue weighted by molar-refractivity contribution is 0.178. The van der Waals surface area contributed by atoms with Gasteiger partial charge in [0.15, 0.2) is 0 Å². The normalized spacial score (nSPS) is 12.7. The summed E-state index contributed by atoms with van der Waals surface area (Å²) in [7, 11) is -1.18. The van der Waals surface area contributed by atoms with Gasteiger partial charge in [-0.3, -0.25) is 0 Å². The summed E-state index contributed by atoms with van der Waals surface area (Å²) >= 11 is 5.46. The van der Waals surface area contributed by atoms with E-state index in [1.807, 2.05) is 22.7 Å². The molecule has 0 N–H and O–H groups in total. The molecule has 0 bridgehead atoms. The quantitative estimate of drug-likeness (QED) is 0.190. The standard InChI is InChI=1S/C23H29N2O2PS3/c1-17(2)25(18(3)4)28(26-14-6-13-24)27-15-12-19-8-9-22(30-19)23-11-10-21(31-23)20-7-5-16-29-20/h5,7-11,16-18H,6,12,14-15H2,1-4H3. The molecule has 0 radical (unpaired) electrons. The highest BCUT2D eigenvalue weighted by molar-refractivity contribution is 7.44. The van der Waals surface area contributed by atoms with Crippen molar-refractivity contribution in [1.82, 2.24) is 4.67 Å². The zero-order chi connectivity index (χ0) is 22.2. The number of nitriles is 1. The van der Waals surface area contributed by atoms with Crippen molar-refractivity contribution in [2.24, 2.45) is 0 Å². The van der Waals surface area contributed by atoms with E-state index in [1.54, 1.807) is 11.3 Å². The van der Waals surface area contributed by atoms with Gasteiger partial charge in [0, 0.05) is 42.9 Å². The molecule has 3 heterocycles. The summed E-state index contributed by atoms with van der Waals surface area (Å²) in [6.45, 7) is 9.64. The Morgan fingerprint density at radius 3 is 2.19 bits per heavy atom. The van der Waals surface area contributed by atoms with Gasteiger partial charge in [-0.15, -0.1) is 34.0 Å². The fourth-order valence-electron chi connectivity index (χ4n) is 3.20. The van der Waals surface area contributed by atoms with E-state index in [9.17, 15) is 0 Å². The molecule has 0 amide bonds. The maximum atomic E-state index is 8.84. The van der Waals surface area contributed by atoms with Gasteiger partial charge in [0.2, 0.25) is 0 Å². The van der Waals surface area contributed by atoms with Crippen molar-refractivity contribution in [2.75, 3.05) is 13.2 Å². The van der Waals surface area contributed by atoms with Crippen LogP contribution in [-0.4, -0.2) is 30.0 Å². The summed E-state index contributed by atoms with van der Waals surface area (Å²) in [5.74, 6) is 0. The Morgan fingerprint density at radius 2 is 1.55 bits per heavy atom. The zero-order valence-corrected chi connectivity index (χ0v) is 21.8. The van der Waals surface area contributed by atoms with Gasteiger partial charge in [0.05, 0.1) is 25.7 Å². The van der Waals surface area contributed by atoms with Gasteiger partial charge < -0.3 is 9.05 Å². The molecule has 8 heteroatoms. The van der Waals surface area contributed by atoms with Crippen LogP contribution in [0.25, 0.3) is 19.5 Å². The summed E-state index contributed by atoms with van der Waals surface area (Å²) in [5.41, 5.74) is 0. The maximum Gasteiger partial charge on any atom is 0.259 e. The van der Waals surface area contributed by atoms with Crippen LogP contribution >= 0.6 is 42.5 Å². The Morgan fingerprint density at radius 1 is 0.903 bits per heavy atom. The molecule has 1 unspecified atom stereocenters. The third-order valence-corrected chi connectivity index (χ3v) is 10.1. The number of hydrogen-bond donors (Lipinski definition) is 0. The average molecular weight is 493 g/mol. The molecule has 0 spiro atoms. The molecule has 3 rings (SSSR count). The van der Waals surface area contributed by atoms with Crippen LogP contribution in [-0.2, 0) is 15.5 Å². The van der Waals surface area contributed by atoms with Crippen molar-refractivity contribution >= 4 is 42.5 Å². The van der Waals surface area contributed by atoms with Crippen LogP contribution in [0.15, 0.2) is 41.8 Å². The predicted octanol–water partition coefficient (Wildman–Crippen LogP) is 8.04. The van der Waals surface area contributed by atoms with Crippen LogP contribution < -0.4 is 0 Å². The summed E-state index contributed by atoms with van der Waals surface area (Å²) in [6.07, 6.45) is 1.24. The lowest BCUT2D eigenvalue weighted by Crippen LogP contribution is -2.33. The fraction of sp³-hybridized carbons (Fsp3) is 0.435. The second-order valence-corrected chi connectivity index (χ2v) is 12.2. The smallest absolute Gasteiger partial charge is 0.259 e. The molecule has 0 aliphatic carbocycles. The first-order valence-corrected chi connectivity index (χ1v) is 14.1. The van der Waals surface area contributed by atoms with Crippen LogP contribution in [0.1, 0.15) is 39.0 Å². The van der Waals surface area contributed by atoms with Gasteiger partial charge >= 0.3 is 0 Å². The Bertz CT molecular complexity index is 952. The van der Waals surface area contributed by atoms with E-state index in [-0.39, 0.29) is 0 Å². The SMILES string of the molecule is CC(C)N(C(C)C)P(OCCC#N)OCCc1ccc(-c2ccc(-c3cccs3)s2)s1. The van der Waals surface area contributed by atoms with E-state index in [4.69, 9.17) is 14.3 Å². The molecule has 0 fully saturated rings. The number of hydrogen-bond acceptors (Lipinski definition) is 7. The van der Waals surface area contributed by atoms with E-state index in [1.165, 1.54) is 24.4 Å². The van der Waals surface area contributed by atoms with Crippen LogP contribution in [0.5, 0.6) is 0 Å². The van der Waals surface area contributed by atoms with Crippen LogP contribution in [0, 0.1) is 11.3 Å². The molecule has 3 aromatic heterocycles. The number of rotatable bonds is 12. The Hall–Kier alpha value is -1.10. The fourth-order valence-corrected chi connectivity index (χ4v) is 7.71. The first-order valence-electron chi connectivity index (χ1n) is 10.4. The second-order valence-electron chi connectivity index (χ2n) is 7.54. The summed E-state index contributed by atoms with van der Waals surface area (Å²) in [4.78, 5) is 6.58. The van der Waals surface area contributed by atoms with Gasteiger partial charge in [-0.25, -0.2) is 4.67 Å². The van der Waals surface area contributed by atoms with Crippen molar-refractivity contribution in [3.63, 3.8) is 0 Å². The second kappa shape index (κ2) is 12.2. The molecule has 4 nitrogen and oxygen atoms in total. The molecule has 31 heavy (non-hydrogen) atoms. The minimum Gasteiger partial charge on any atom is -0.322 e. The highest BCUT2D eigenvalue weighted by Crippen LogP contribution is 2.46. The molecule has 1 atom stereocenters. The third-order valence-electron chi connectivity index (χ3n) is 4.49. The third kappa shape index (κ3) is 6.94. The molecule has 166 valence electrons. The maximum absolute atomic E-state index is 8.84. The van der Waals surface area contributed by atoms with E-state index in [0.29, 0.717) is 31.7 Å². The summed E-state index contributed by atoms with van der Waals surface area (Å²) in [5, 5.41) is 11.0. The Labute approximate surface area is 199 Å². The molecule has 0 aromatic carbocycles. The van der Waals surface area contributed by atoms with Crippen molar-refractivity contribution < 1.29 is 9.05 Å². The first kappa shape index (κ1) is 24.5. The minimum absolute atomic E-state index is 0.318. The van der Waals surface area contributed by atoms with Crippen molar-refractivity contribution in [2.45, 2.75) is 52.6 Å². The van der Waals surface area contributed by atoms with Gasteiger partial charge in [-0.1, -0.05) is 6.07 Å². The highest BCUT2D eigenvalue weighted by atomic mass is 32.1. The van der Waals surface area contributed by atoms with Crippen LogP contribution in [0.3, 0.4) is 0 Å². The average Bonchev–Trinajstić information content (AvgIpc) is 3.47. The molecular weight excluding hydrogens is 463 g/mol. The van der Waals surface area contributed by atoms with Crippen molar-refractivity contribution in [3.8, 4) is 25.6 Å². The van der Waals surface area contributed by atoms with Crippen molar-refractivity contribution in [1.29, 1.82) is 5.26 Å². The zero-order valence-electron chi connectivity index (χ0n) is 18.4. The van der Waals surface area contributed by atoms with Crippen LogP contribution in [0.4, 0.5) is 0 Å². The molecule has 3 aromatic rings. The first-order chi connectivity index (χ1) is 15.0. The van der Waals surface area contributed by atoms with Gasteiger partial charge in [-0.05, 0) is 63.4 Å². The summed E-state index contributed by atoms with van der Waals surface area (Å²) in [6, 6.07) is 15.9. The Balaban J connectivity index is 1.58. The van der Waals surface area contributed by atoms with Gasteiger partial charge in [0.1, 0.15) is 0 Å². The molecule has 0 saturated carbocycles. The monoisotopic (exact) mass is 492 g/mol. The lowest BCUT2D eigenvalue weighted by atomic mass is 10.3. The number of nitrogens with zero attached hydrogens (tertiary/aromatic N) is 2. The summed E-state index contributed by atoms with van der Waals surface area (Å²) < 4.78 is 14.5. The topological polar surface area (TPSA) is 45.5 Å². The largest absolute Gasteiger partial charge is 0.322 e. The van der Waals surface area contributed by atoms with E-state index in [2.05, 4.69) is 80.2 Å². The van der Waals surface area contributed by atoms with E-state index in [0.717, 1.165) is 6.42 Å². The lowest BCUT2D eigenvalue weighted by Gasteiger charge is -2.35. The van der Waals surface area contributed by atoms with Crippen LogP contribution in [0.2, 0.25) is 0 Å². The van der Waals surface area contributed by atoms with E-state index < -0.39 is 8.53 Å². The molecular formula is C23H29N2O2PS3. The molecule has 0 aliphatic heterocycles. The predicted molar refractivity (Wildman–Crippen MR) is 136 cm³/mol. The number of thiophene rings is 3. The van der Waals surface area contributed by atoms with Crippen molar-refractivity contribution in [3.05, 3.63) is 46.7 Å². The Kier molecular flexibility index (Phi) is 9.68. The molecule has 0 aliphatic rings. The van der Waals surface area contributed by atoms with Gasteiger partial charge in [0.25, 0.3) is 8.53 Å². The highest BCUT2D eigenvalue weighted by Gasteiger charge is 2.27. The van der Waals surface area contributed by atoms with Gasteiger partial charge in [-0.2, -0.15) is 5.26 Å². The minimum atomic E-state index is -1.18.